The molecule has 1 N–H and O–H groups in total. The van der Waals surface area contributed by atoms with Gasteiger partial charge in [0.1, 0.15) is 0 Å². The number of rotatable bonds is 3. The van der Waals surface area contributed by atoms with Gasteiger partial charge in [-0.15, -0.1) is 0 Å². The number of Topliss-reactive ketones (excluding diaryl/α,β-unsaturated/α-hetero) is 1. The summed E-state index contributed by atoms with van der Waals surface area (Å²) >= 11 is 0. The van der Waals surface area contributed by atoms with E-state index < -0.39 is 11.7 Å². The molecule has 1 aliphatic carbocycles. The van der Waals surface area contributed by atoms with E-state index in [4.69, 9.17) is 0 Å². The minimum absolute atomic E-state index is 0.0995. The van der Waals surface area contributed by atoms with Crippen LogP contribution < -0.4 is 5.32 Å². The van der Waals surface area contributed by atoms with Crippen LogP contribution in [0.3, 0.4) is 0 Å². The number of aryl methyl sites for hydroxylation is 2. The Morgan fingerprint density at radius 2 is 1.90 bits per heavy atom. The van der Waals surface area contributed by atoms with Gasteiger partial charge in [-0.2, -0.15) is 5.10 Å². The summed E-state index contributed by atoms with van der Waals surface area (Å²) in [5, 5.41) is 7.14. The molecule has 0 aromatic carbocycles. The van der Waals surface area contributed by atoms with Gasteiger partial charge in [0.25, 0.3) is 11.7 Å². The van der Waals surface area contributed by atoms with Crippen molar-refractivity contribution in [1.29, 1.82) is 0 Å². The van der Waals surface area contributed by atoms with Crippen molar-refractivity contribution in [3.05, 3.63) is 17.0 Å². The second-order valence-corrected chi connectivity index (χ2v) is 6.35. The molecule has 3 unspecified atom stereocenters. The third-order valence-electron chi connectivity index (χ3n) is 4.97. The summed E-state index contributed by atoms with van der Waals surface area (Å²) in [7, 11) is 1.78. The van der Waals surface area contributed by atoms with E-state index in [1.807, 2.05) is 6.92 Å². The number of nitrogens with one attached hydrogen (secondary N) is 1. The molecule has 0 radical (unpaired) electrons. The molecule has 1 aliphatic rings. The molecule has 21 heavy (non-hydrogen) atoms. The predicted molar refractivity (Wildman–Crippen MR) is 81.1 cm³/mol. The minimum atomic E-state index is -0.500. The number of aromatic nitrogens is 2. The van der Waals surface area contributed by atoms with Crippen LogP contribution in [0.25, 0.3) is 0 Å². The Morgan fingerprint density at radius 1 is 1.24 bits per heavy atom. The summed E-state index contributed by atoms with van der Waals surface area (Å²) in [4.78, 5) is 24.7. The average Bonchev–Trinajstić information content (AvgIpc) is 2.68. The van der Waals surface area contributed by atoms with Crippen molar-refractivity contribution < 1.29 is 9.59 Å². The summed E-state index contributed by atoms with van der Waals surface area (Å²) in [6, 6.07) is 0.0995. The van der Waals surface area contributed by atoms with Crippen molar-refractivity contribution in [2.75, 3.05) is 0 Å². The fourth-order valence-corrected chi connectivity index (χ4v) is 3.24. The Morgan fingerprint density at radius 3 is 2.48 bits per heavy atom. The number of amides is 1. The van der Waals surface area contributed by atoms with E-state index in [-0.39, 0.29) is 6.04 Å². The Hall–Kier alpha value is -1.65. The van der Waals surface area contributed by atoms with Gasteiger partial charge < -0.3 is 5.32 Å². The molecule has 1 amide bonds. The lowest BCUT2D eigenvalue weighted by Crippen LogP contribution is -2.46. The van der Waals surface area contributed by atoms with E-state index in [0.717, 1.165) is 18.5 Å². The normalized spacial score (nSPS) is 25.7. The molecule has 1 saturated carbocycles. The Bertz CT molecular complexity index is 562. The smallest absolute Gasteiger partial charge is 0.292 e. The third-order valence-corrected chi connectivity index (χ3v) is 4.97. The van der Waals surface area contributed by atoms with Gasteiger partial charge in [-0.3, -0.25) is 14.3 Å². The number of hydrogen-bond donors (Lipinski definition) is 1. The van der Waals surface area contributed by atoms with Gasteiger partial charge in [0.2, 0.25) is 0 Å². The second kappa shape index (κ2) is 6.00. The monoisotopic (exact) mass is 291 g/mol. The highest BCUT2D eigenvalue weighted by atomic mass is 16.2. The SMILES string of the molecule is Cc1nn(C)c(C)c1C(=O)C(=O)NC1CCCC(C)C1C. The molecule has 2 rings (SSSR count). The summed E-state index contributed by atoms with van der Waals surface area (Å²) in [6.45, 7) is 7.94. The van der Waals surface area contributed by atoms with E-state index in [9.17, 15) is 9.59 Å². The Kier molecular flexibility index (Phi) is 4.49. The van der Waals surface area contributed by atoms with Crippen LogP contribution >= 0.6 is 0 Å². The molecular weight excluding hydrogens is 266 g/mol. The number of hydrogen-bond acceptors (Lipinski definition) is 3. The molecule has 0 spiro atoms. The molecule has 1 aromatic heterocycles. The molecule has 0 bridgehead atoms. The van der Waals surface area contributed by atoms with Crippen LogP contribution in [-0.4, -0.2) is 27.5 Å². The second-order valence-electron chi connectivity index (χ2n) is 6.35. The Labute approximate surface area is 126 Å². The highest BCUT2D eigenvalue weighted by molar-refractivity contribution is 6.43. The van der Waals surface area contributed by atoms with Gasteiger partial charge in [0, 0.05) is 18.8 Å². The van der Waals surface area contributed by atoms with Gasteiger partial charge in [-0.05, 0) is 32.1 Å². The zero-order valence-electron chi connectivity index (χ0n) is 13.6. The van der Waals surface area contributed by atoms with Crippen molar-refractivity contribution in [2.45, 2.75) is 53.0 Å². The lowest BCUT2D eigenvalue weighted by atomic mass is 9.78. The number of ketones is 1. The van der Waals surface area contributed by atoms with Crippen LogP contribution in [0.4, 0.5) is 0 Å². The highest BCUT2D eigenvalue weighted by Crippen LogP contribution is 2.29. The van der Waals surface area contributed by atoms with Crippen LogP contribution in [0, 0.1) is 25.7 Å². The number of nitrogens with zero attached hydrogens (tertiary/aromatic N) is 2. The first-order valence-electron chi connectivity index (χ1n) is 7.68. The predicted octanol–water partition coefficient (Wildman–Crippen LogP) is 2.16. The van der Waals surface area contributed by atoms with Gasteiger partial charge in [0.05, 0.1) is 11.3 Å². The number of carbonyl (C=O) groups excluding carboxylic acids is 2. The third kappa shape index (κ3) is 3.01. The van der Waals surface area contributed by atoms with Crippen LogP contribution in [-0.2, 0) is 11.8 Å². The molecule has 116 valence electrons. The maximum absolute atomic E-state index is 12.4. The standard InChI is InChI=1S/C16H25N3O2/c1-9-7-6-8-13(10(9)2)17-16(21)15(20)14-11(3)18-19(5)12(14)4/h9-10,13H,6-8H2,1-5H3,(H,17,21). The average molecular weight is 291 g/mol. The van der Waals surface area contributed by atoms with Crippen molar-refractivity contribution in [2.24, 2.45) is 18.9 Å². The first kappa shape index (κ1) is 15.7. The summed E-state index contributed by atoms with van der Waals surface area (Å²) < 4.78 is 1.64. The maximum Gasteiger partial charge on any atom is 0.292 e. The maximum atomic E-state index is 12.4. The zero-order chi connectivity index (χ0) is 15.7. The molecule has 0 saturated heterocycles. The number of carbonyl (C=O) groups is 2. The van der Waals surface area contributed by atoms with Gasteiger partial charge in [-0.1, -0.05) is 26.7 Å². The molecule has 0 aliphatic heterocycles. The molecular formula is C16H25N3O2. The first-order chi connectivity index (χ1) is 9.82. The lowest BCUT2D eigenvalue weighted by Gasteiger charge is -2.34. The fraction of sp³-hybridized carbons (Fsp3) is 0.688. The van der Waals surface area contributed by atoms with Crippen molar-refractivity contribution >= 4 is 11.7 Å². The van der Waals surface area contributed by atoms with Crippen LogP contribution in [0.5, 0.6) is 0 Å². The van der Waals surface area contributed by atoms with Crippen molar-refractivity contribution in [3.63, 3.8) is 0 Å². The fourth-order valence-electron chi connectivity index (χ4n) is 3.24. The lowest BCUT2D eigenvalue weighted by molar-refractivity contribution is -0.118. The van der Waals surface area contributed by atoms with Crippen molar-refractivity contribution in [1.82, 2.24) is 15.1 Å². The highest BCUT2D eigenvalue weighted by Gasteiger charge is 2.31. The zero-order valence-corrected chi connectivity index (χ0v) is 13.6. The Balaban J connectivity index is 2.11. The van der Waals surface area contributed by atoms with Crippen LogP contribution in [0.1, 0.15) is 54.9 Å². The molecule has 1 fully saturated rings. The van der Waals surface area contributed by atoms with Crippen LogP contribution in [0.2, 0.25) is 0 Å². The van der Waals surface area contributed by atoms with Crippen LogP contribution in [0.15, 0.2) is 0 Å². The molecule has 3 atom stereocenters. The molecule has 5 heteroatoms. The van der Waals surface area contributed by atoms with Gasteiger partial charge >= 0.3 is 0 Å². The van der Waals surface area contributed by atoms with Gasteiger partial charge in [-0.25, -0.2) is 0 Å². The minimum Gasteiger partial charge on any atom is -0.346 e. The van der Waals surface area contributed by atoms with E-state index in [0.29, 0.717) is 23.1 Å². The van der Waals surface area contributed by atoms with Crippen molar-refractivity contribution in [3.8, 4) is 0 Å². The van der Waals surface area contributed by atoms with Gasteiger partial charge in [0.15, 0.2) is 0 Å². The summed E-state index contributed by atoms with van der Waals surface area (Å²) in [5.41, 5.74) is 1.78. The van der Waals surface area contributed by atoms with E-state index in [2.05, 4.69) is 24.3 Å². The quantitative estimate of drug-likeness (QED) is 0.685. The topological polar surface area (TPSA) is 64.0 Å². The summed E-state index contributed by atoms with van der Waals surface area (Å²) in [6.07, 6.45) is 3.26. The van der Waals surface area contributed by atoms with E-state index in [1.165, 1.54) is 6.42 Å². The molecule has 5 nitrogen and oxygen atoms in total. The first-order valence-corrected chi connectivity index (χ1v) is 7.68. The molecule has 1 heterocycles. The summed E-state index contributed by atoms with van der Waals surface area (Å²) in [5.74, 6) is 0.0243. The van der Waals surface area contributed by atoms with E-state index in [1.54, 1.807) is 18.7 Å². The largest absolute Gasteiger partial charge is 0.346 e. The molecule has 1 aromatic rings. The van der Waals surface area contributed by atoms with E-state index >= 15 is 0 Å².